The average molecular weight is 354 g/mol. The lowest BCUT2D eigenvalue weighted by atomic mass is 9.88. The summed E-state index contributed by atoms with van der Waals surface area (Å²) in [4.78, 5) is 19.0. The van der Waals surface area contributed by atoms with E-state index < -0.39 is 0 Å². The first kappa shape index (κ1) is 17.5. The van der Waals surface area contributed by atoms with Crippen LogP contribution in [0.5, 0.6) is 0 Å². The molecule has 0 aromatic carbocycles. The summed E-state index contributed by atoms with van der Waals surface area (Å²) in [7, 11) is 0. The van der Waals surface area contributed by atoms with Crippen molar-refractivity contribution < 1.29 is 4.79 Å². The third kappa shape index (κ3) is 3.24. The Morgan fingerprint density at radius 1 is 1.27 bits per heavy atom. The molecule has 2 aromatic heterocycles. The monoisotopic (exact) mass is 354 g/mol. The summed E-state index contributed by atoms with van der Waals surface area (Å²) < 4.78 is 1.90. The minimum Gasteiger partial charge on any atom is -0.338 e. The first-order valence-electron chi connectivity index (χ1n) is 9.96. The van der Waals surface area contributed by atoms with Gasteiger partial charge in [0.1, 0.15) is 0 Å². The zero-order valence-electron chi connectivity index (χ0n) is 16.4. The summed E-state index contributed by atoms with van der Waals surface area (Å²) in [6, 6.07) is 0. The first-order chi connectivity index (χ1) is 12.4. The van der Waals surface area contributed by atoms with Gasteiger partial charge >= 0.3 is 0 Å². The van der Waals surface area contributed by atoms with Crippen LogP contribution in [0, 0.1) is 17.3 Å². The summed E-state index contributed by atoms with van der Waals surface area (Å²) in [5.41, 5.74) is 3.56. The number of amides is 1. The molecule has 1 aliphatic heterocycles. The van der Waals surface area contributed by atoms with Crippen LogP contribution in [0.3, 0.4) is 0 Å². The molecule has 3 heterocycles. The number of fused-ring (bicyclic) bond motifs is 1. The summed E-state index contributed by atoms with van der Waals surface area (Å²) in [6.07, 6.45) is 10.2. The standard InChI is InChI=1S/C21H30N4O/c1-5-6-14-7-19(26)24(11-14)12-16-10-23-25-13-15(9-22-20(16)25)17-8-18(17)21(2,3)4/h9-10,13-14,17-18H,5-8,11-12H2,1-4H3. The van der Waals surface area contributed by atoms with Crippen molar-refractivity contribution in [3.05, 3.63) is 29.7 Å². The van der Waals surface area contributed by atoms with Crippen LogP contribution in [0.25, 0.3) is 5.65 Å². The number of likely N-dealkylation sites (tertiary alicyclic amines) is 1. The summed E-state index contributed by atoms with van der Waals surface area (Å²) in [5, 5.41) is 4.52. The van der Waals surface area contributed by atoms with Crippen molar-refractivity contribution >= 4 is 11.6 Å². The molecule has 1 saturated heterocycles. The maximum absolute atomic E-state index is 12.3. The van der Waals surface area contributed by atoms with Crippen molar-refractivity contribution in [1.82, 2.24) is 19.5 Å². The number of hydrogen-bond acceptors (Lipinski definition) is 3. The van der Waals surface area contributed by atoms with Gasteiger partial charge in [0, 0.05) is 30.9 Å². The van der Waals surface area contributed by atoms with E-state index in [4.69, 9.17) is 4.98 Å². The van der Waals surface area contributed by atoms with Gasteiger partial charge in [0.15, 0.2) is 5.65 Å². The smallest absolute Gasteiger partial charge is 0.223 e. The van der Waals surface area contributed by atoms with Crippen molar-refractivity contribution in [3.8, 4) is 0 Å². The Hall–Kier alpha value is -1.91. The second-order valence-electron chi connectivity index (χ2n) is 9.27. The molecule has 2 aromatic rings. The van der Waals surface area contributed by atoms with Crippen LogP contribution in [-0.4, -0.2) is 31.9 Å². The van der Waals surface area contributed by atoms with Gasteiger partial charge in [-0.05, 0) is 41.6 Å². The molecular formula is C21H30N4O. The van der Waals surface area contributed by atoms with Gasteiger partial charge in [-0.3, -0.25) is 4.79 Å². The van der Waals surface area contributed by atoms with Crippen LogP contribution in [0.2, 0.25) is 0 Å². The molecule has 26 heavy (non-hydrogen) atoms. The molecule has 3 atom stereocenters. The maximum Gasteiger partial charge on any atom is 0.223 e. The van der Waals surface area contributed by atoms with E-state index in [0.717, 1.165) is 36.5 Å². The Bertz CT molecular complexity index is 819. The van der Waals surface area contributed by atoms with Crippen LogP contribution >= 0.6 is 0 Å². The molecule has 0 radical (unpaired) electrons. The predicted octanol–water partition coefficient (Wildman–Crippen LogP) is 4.03. The molecule has 140 valence electrons. The normalized spacial score (nSPS) is 26.1. The Morgan fingerprint density at radius 3 is 2.77 bits per heavy atom. The SMILES string of the molecule is CCCC1CC(=O)N(Cc2cnn3cc(C4CC4C(C)(C)C)cnc23)C1. The van der Waals surface area contributed by atoms with Crippen LogP contribution < -0.4 is 0 Å². The lowest BCUT2D eigenvalue weighted by molar-refractivity contribution is -0.128. The summed E-state index contributed by atoms with van der Waals surface area (Å²) in [5.74, 6) is 2.12. The molecule has 0 bridgehead atoms. The number of aromatic nitrogens is 3. The zero-order valence-corrected chi connectivity index (χ0v) is 16.4. The molecule has 1 aliphatic carbocycles. The minimum absolute atomic E-state index is 0.269. The van der Waals surface area contributed by atoms with E-state index in [1.807, 2.05) is 21.8 Å². The lowest BCUT2D eigenvalue weighted by Gasteiger charge is -2.18. The zero-order chi connectivity index (χ0) is 18.5. The Labute approximate surface area is 155 Å². The van der Waals surface area contributed by atoms with E-state index >= 15 is 0 Å². The second-order valence-corrected chi connectivity index (χ2v) is 9.27. The van der Waals surface area contributed by atoms with Gasteiger partial charge in [0.25, 0.3) is 0 Å². The number of hydrogen-bond donors (Lipinski definition) is 0. The van der Waals surface area contributed by atoms with Crippen LogP contribution in [0.4, 0.5) is 0 Å². The molecule has 4 rings (SSSR count). The van der Waals surface area contributed by atoms with Crippen molar-refractivity contribution in [1.29, 1.82) is 0 Å². The van der Waals surface area contributed by atoms with Crippen LogP contribution in [0.15, 0.2) is 18.6 Å². The summed E-state index contributed by atoms with van der Waals surface area (Å²) in [6.45, 7) is 10.6. The summed E-state index contributed by atoms with van der Waals surface area (Å²) >= 11 is 0. The highest BCUT2D eigenvalue weighted by molar-refractivity contribution is 5.78. The van der Waals surface area contributed by atoms with E-state index in [0.29, 0.717) is 30.2 Å². The number of carbonyl (C=O) groups excluding carboxylic acids is 1. The predicted molar refractivity (Wildman–Crippen MR) is 102 cm³/mol. The van der Waals surface area contributed by atoms with Gasteiger partial charge in [-0.25, -0.2) is 9.50 Å². The van der Waals surface area contributed by atoms with E-state index in [-0.39, 0.29) is 5.91 Å². The van der Waals surface area contributed by atoms with Gasteiger partial charge in [-0.15, -0.1) is 0 Å². The van der Waals surface area contributed by atoms with Gasteiger partial charge < -0.3 is 4.90 Å². The van der Waals surface area contributed by atoms with Crippen LogP contribution in [-0.2, 0) is 11.3 Å². The fourth-order valence-corrected chi connectivity index (χ4v) is 4.58. The highest BCUT2D eigenvalue weighted by atomic mass is 16.2. The molecule has 2 aliphatic rings. The molecule has 3 unspecified atom stereocenters. The van der Waals surface area contributed by atoms with Crippen LogP contribution in [0.1, 0.15) is 70.4 Å². The van der Waals surface area contributed by atoms with Crippen molar-refractivity contribution in [2.75, 3.05) is 6.54 Å². The molecule has 2 fully saturated rings. The minimum atomic E-state index is 0.269. The fourth-order valence-electron chi connectivity index (χ4n) is 4.58. The highest BCUT2D eigenvalue weighted by Gasteiger charge is 2.46. The largest absolute Gasteiger partial charge is 0.338 e. The first-order valence-corrected chi connectivity index (χ1v) is 9.96. The van der Waals surface area contributed by atoms with E-state index in [2.05, 4.69) is 39.0 Å². The van der Waals surface area contributed by atoms with E-state index in [1.54, 1.807) is 0 Å². The molecule has 1 amide bonds. The second kappa shape index (κ2) is 6.36. The topological polar surface area (TPSA) is 50.5 Å². The Morgan fingerprint density at radius 2 is 2.08 bits per heavy atom. The Kier molecular flexibility index (Phi) is 4.28. The molecule has 0 spiro atoms. The molecule has 5 heteroatoms. The fraction of sp³-hybridized carbons (Fsp3) is 0.667. The van der Waals surface area contributed by atoms with Gasteiger partial charge in [0.05, 0.1) is 12.7 Å². The quantitative estimate of drug-likeness (QED) is 0.814. The van der Waals surface area contributed by atoms with Gasteiger partial charge in [-0.1, -0.05) is 34.1 Å². The highest BCUT2D eigenvalue weighted by Crippen LogP contribution is 2.56. The third-order valence-electron chi connectivity index (χ3n) is 6.13. The van der Waals surface area contributed by atoms with E-state index in [9.17, 15) is 4.79 Å². The molecule has 1 saturated carbocycles. The van der Waals surface area contributed by atoms with Gasteiger partial charge in [-0.2, -0.15) is 5.10 Å². The van der Waals surface area contributed by atoms with Crippen molar-refractivity contribution in [2.24, 2.45) is 17.3 Å². The molecule has 5 nitrogen and oxygen atoms in total. The van der Waals surface area contributed by atoms with Crippen molar-refractivity contribution in [2.45, 2.75) is 65.8 Å². The molecular weight excluding hydrogens is 324 g/mol. The third-order valence-corrected chi connectivity index (χ3v) is 6.13. The average Bonchev–Trinajstić information content (AvgIpc) is 3.21. The number of rotatable bonds is 5. The van der Waals surface area contributed by atoms with Crippen molar-refractivity contribution in [3.63, 3.8) is 0 Å². The maximum atomic E-state index is 12.3. The Balaban J connectivity index is 1.49. The van der Waals surface area contributed by atoms with Gasteiger partial charge in [0.2, 0.25) is 5.91 Å². The lowest BCUT2D eigenvalue weighted by Crippen LogP contribution is -2.24. The van der Waals surface area contributed by atoms with E-state index in [1.165, 1.54) is 12.0 Å². The number of carbonyl (C=O) groups is 1. The number of nitrogens with zero attached hydrogens (tertiary/aromatic N) is 4. The molecule has 0 N–H and O–H groups in total.